The lowest BCUT2D eigenvalue weighted by atomic mass is 11.3. The molecule has 0 aliphatic rings. The maximum atomic E-state index is 11.1. The van der Waals surface area contributed by atoms with Gasteiger partial charge in [-0.1, -0.05) is 0 Å². The number of sulfonamides is 1. The quantitative estimate of drug-likeness (QED) is 0.484. The topological polar surface area (TPSA) is 173 Å². The molecule has 0 rings (SSSR count). The monoisotopic (exact) mass is 283 g/mol. The van der Waals surface area contributed by atoms with Crippen LogP contribution in [-0.2, 0) is 10.0 Å². The minimum absolute atomic E-state index is 1.33. The maximum absolute atomic E-state index is 11.1. The van der Waals surface area contributed by atoms with Gasteiger partial charge in [-0.15, -0.1) is 0 Å². The van der Waals surface area contributed by atoms with Crippen molar-refractivity contribution in [1.29, 1.82) is 0 Å². The van der Waals surface area contributed by atoms with Gasteiger partial charge in [0, 0.05) is 6.72 Å². The number of halogens is 3. The van der Waals surface area contributed by atoms with Gasteiger partial charge in [0.1, 0.15) is 0 Å². The molecule has 2 amide bonds. The van der Waals surface area contributed by atoms with E-state index < -0.39 is 27.7 Å². The SMILES string of the molecule is C=NS(=O)(=O)C(F)(F)F.NC(=O)O.NC(=O)O. The molecule has 0 spiro atoms. The summed E-state index contributed by atoms with van der Waals surface area (Å²) in [5, 5.41) is 14.4. The van der Waals surface area contributed by atoms with E-state index in [4.69, 9.17) is 19.8 Å². The minimum Gasteiger partial charge on any atom is -0.465 e. The third-order valence-corrected chi connectivity index (χ3v) is 1.39. The molecule has 13 heteroatoms. The van der Waals surface area contributed by atoms with Gasteiger partial charge in [0.15, 0.2) is 0 Å². The Morgan fingerprint density at radius 1 is 1.12 bits per heavy atom. The van der Waals surface area contributed by atoms with E-state index in [1.165, 1.54) is 0 Å². The van der Waals surface area contributed by atoms with Gasteiger partial charge in [-0.25, -0.2) is 9.59 Å². The largest absolute Gasteiger partial charge is 0.518 e. The predicted molar refractivity (Wildman–Crippen MR) is 48.9 cm³/mol. The van der Waals surface area contributed by atoms with E-state index >= 15 is 0 Å². The van der Waals surface area contributed by atoms with E-state index in [0.29, 0.717) is 0 Å². The molecule has 0 saturated carbocycles. The zero-order valence-corrected chi connectivity index (χ0v) is 8.70. The maximum Gasteiger partial charge on any atom is 0.518 e. The number of nitrogens with zero attached hydrogens (tertiary/aromatic N) is 1. The fourth-order valence-electron chi connectivity index (χ4n) is 0.0732. The van der Waals surface area contributed by atoms with E-state index in [9.17, 15) is 21.6 Å². The van der Waals surface area contributed by atoms with Gasteiger partial charge in [0.2, 0.25) is 0 Å². The molecule has 17 heavy (non-hydrogen) atoms. The van der Waals surface area contributed by atoms with Crippen LogP contribution in [0.4, 0.5) is 22.8 Å². The standard InChI is InChI=1S/C2H2F3NO2S.2CH3NO2/c1-6-9(7,8)2(3,4)5;2*2-1(3)4/h1H2;2*2H2,(H,3,4). The average Bonchev–Trinajstić information content (AvgIpc) is 1.99. The van der Waals surface area contributed by atoms with Crippen LogP contribution in [0.1, 0.15) is 0 Å². The highest BCUT2D eigenvalue weighted by atomic mass is 32.2. The molecular formula is C4H8F3N3O6S. The van der Waals surface area contributed by atoms with E-state index in [1.807, 2.05) is 4.40 Å². The third-order valence-electron chi connectivity index (χ3n) is 0.462. The molecule has 0 bridgehead atoms. The van der Waals surface area contributed by atoms with Crippen molar-refractivity contribution in [3.05, 3.63) is 0 Å². The molecule has 0 aliphatic carbocycles. The first-order chi connectivity index (χ1) is 7.27. The number of nitrogens with two attached hydrogens (primary N) is 2. The number of alkyl halides is 3. The van der Waals surface area contributed by atoms with Crippen molar-refractivity contribution in [2.75, 3.05) is 0 Å². The highest BCUT2D eigenvalue weighted by Crippen LogP contribution is 2.23. The second kappa shape index (κ2) is 8.14. The molecule has 0 saturated heterocycles. The molecule has 0 atom stereocenters. The lowest BCUT2D eigenvalue weighted by Gasteiger charge is -1.99. The zero-order valence-electron chi connectivity index (χ0n) is 7.88. The molecule has 0 aromatic rings. The summed E-state index contributed by atoms with van der Waals surface area (Å²) in [6.07, 6.45) is -2.67. The fourth-order valence-corrected chi connectivity index (χ4v) is 0.220. The van der Waals surface area contributed by atoms with E-state index in [1.54, 1.807) is 0 Å². The summed E-state index contributed by atoms with van der Waals surface area (Å²) in [6, 6.07) is 0. The second-order valence-corrected chi connectivity index (χ2v) is 3.40. The normalized spacial score (nSPS) is 9.82. The first-order valence-corrected chi connectivity index (χ1v) is 4.48. The molecule has 0 aliphatic heterocycles. The van der Waals surface area contributed by atoms with Crippen LogP contribution in [0.25, 0.3) is 0 Å². The van der Waals surface area contributed by atoms with Crippen LogP contribution in [0.15, 0.2) is 4.40 Å². The molecule has 0 aromatic carbocycles. The summed E-state index contributed by atoms with van der Waals surface area (Å²) in [5.74, 6) is 0. The summed E-state index contributed by atoms with van der Waals surface area (Å²) in [6.45, 7) is 2.24. The van der Waals surface area contributed by atoms with Crippen molar-refractivity contribution in [3.63, 3.8) is 0 Å². The summed E-state index contributed by atoms with van der Waals surface area (Å²) in [5.41, 5.74) is 2.74. The van der Waals surface area contributed by atoms with Crippen LogP contribution in [0.2, 0.25) is 0 Å². The van der Waals surface area contributed by atoms with Crippen molar-refractivity contribution in [2.24, 2.45) is 15.9 Å². The number of primary amides is 2. The molecule has 6 N–H and O–H groups in total. The van der Waals surface area contributed by atoms with Gasteiger partial charge in [-0.3, -0.25) is 0 Å². The Bertz CT molecular complexity index is 343. The smallest absolute Gasteiger partial charge is 0.465 e. The first-order valence-electron chi connectivity index (χ1n) is 3.04. The van der Waals surface area contributed by atoms with Crippen molar-refractivity contribution in [3.8, 4) is 0 Å². The number of carboxylic acid groups (broad SMARTS) is 2. The molecule has 102 valence electrons. The highest BCUT2D eigenvalue weighted by Gasteiger charge is 2.45. The predicted octanol–water partition coefficient (Wildman–Crippen LogP) is -0.217. The van der Waals surface area contributed by atoms with Gasteiger partial charge in [0.05, 0.1) is 0 Å². The highest BCUT2D eigenvalue weighted by molar-refractivity contribution is 7.91. The number of hydrogen-bond donors (Lipinski definition) is 4. The van der Waals surface area contributed by atoms with Crippen LogP contribution in [0.5, 0.6) is 0 Å². The Morgan fingerprint density at radius 2 is 1.29 bits per heavy atom. The van der Waals surface area contributed by atoms with Crippen LogP contribution in [-0.4, -0.2) is 43.0 Å². The second-order valence-electron chi connectivity index (χ2n) is 1.73. The lowest BCUT2D eigenvalue weighted by Crippen LogP contribution is -2.19. The molecule has 0 radical (unpaired) electrons. The molecule has 0 fully saturated rings. The van der Waals surface area contributed by atoms with Gasteiger partial charge < -0.3 is 21.7 Å². The minimum atomic E-state index is -5.32. The van der Waals surface area contributed by atoms with E-state index in [-0.39, 0.29) is 0 Å². The van der Waals surface area contributed by atoms with Crippen molar-refractivity contribution < 1.29 is 41.4 Å². The van der Waals surface area contributed by atoms with Crippen LogP contribution < -0.4 is 11.5 Å². The Hall–Kier alpha value is -2.05. The van der Waals surface area contributed by atoms with Crippen LogP contribution in [0.3, 0.4) is 0 Å². The van der Waals surface area contributed by atoms with Crippen LogP contribution >= 0.6 is 0 Å². The Labute approximate surface area is 92.6 Å². The molecule has 0 aromatic heterocycles. The molecule has 0 heterocycles. The fraction of sp³-hybridized carbons (Fsp3) is 0.250. The van der Waals surface area contributed by atoms with Gasteiger partial charge in [0.25, 0.3) is 0 Å². The average molecular weight is 283 g/mol. The molecular weight excluding hydrogens is 275 g/mol. The number of hydrogen-bond acceptors (Lipinski definition) is 4. The number of amides is 2. The van der Waals surface area contributed by atoms with Crippen molar-refractivity contribution >= 4 is 28.9 Å². The van der Waals surface area contributed by atoms with Gasteiger partial charge in [-0.05, 0) is 0 Å². The Balaban J connectivity index is -0.000000205. The van der Waals surface area contributed by atoms with Crippen molar-refractivity contribution in [1.82, 2.24) is 0 Å². The third kappa shape index (κ3) is 20.1. The van der Waals surface area contributed by atoms with Gasteiger partial charge >= 0.3 is 27.7 Å². The summed E-state index contributed by atoms with van der Waals surface area (Å²) in [7, 11) is -5.32. The summed E-state index contributed by atoms with van der Waals surface area (Å²) >= 11 is 0. The molecule has 9 nitrogen and oxygen atoms in total. The first kappa shape index (κ1) is 20.4. The van der Waals surface area contributed by atoms with Crippen molar-refractivity contribution in [2.45, 2.75) is 5.51 Å². The zero-order chi connectivity index (χ0) is 14.9. The van der Waals surface area contributed by atoms with Crippen LogP contribution in [0, 0.1) is 0 Å². The lowest BCUT2D eigenvalue weighted by molar-refractivity contribution is -0.0434. The Morgan fingerprint density at radius 3 is 1.29 bits per heavy atom. The van der Waals surface area contributed by atoms with Gasteiger partial charge in [-0.2, -0.15) is 26.0 Å². The number of rotatable bonds is 1. The summed E-state index contributed by atoms with van der Waals surface area (Å²) < 4.78 is 54.6. The molecule has 0 unspecified atom stereocenters. The summed E-state index contributed by atoms with van der Waals surface area (Å²) in [4.78, 5) is 17.6. The number of carbonyl (C=O) groups is 2. The van der Waals surface area contributed by atoms with E-state index in [0.717, 1.165) is 0 Å². The Kier molecular flexibility index (Phi) is 9.76. The van der Waals surface area contributed by atoms with E-state index in [2.05, 4.69) is 18.2 Å².